The third-order valence-corrected chi connectivity index (χ3v) is 4.31. The first-order valence-corrected chi connectivity index (χ1v) is 6.32. The molecule has 0 aliphatic heterocycles. The minimum Gasteiger partial charge on any atom is -0.388 e. The normalized spacial score (nSPS) is 35.1. The fourth-order valence-electron chi connectivity index (χ4n) is 2.79. The van der Waals surface area contributed by atoms with Crippen molar-refractivity contribution in [3.8, 4) is 0 Å². The Labute approximate surface area is 99.4 Å². The van der Waals surface area contributed by atoms with Gasteiger partial charge in [0.1, 0.15) is 0 Å². The molecule has 1 saturated carbocycles. The molecule has 0 heterocycles. The molecule has 1 rings (SSSR count). The molecular weight excluding hydrogens is 202 g/mol. The van der Waals surface area contributed by atoms with Gasteiger partial charge in [0, 0.05) is 7.11 Å². The van der Waals surface area contributed by atoms with E-state index in [4.69, 9.17) is 10.5 Å². The predicted molar refractivity (Wildman–Crippen MR) is 66.2 cm³/mol. The molecule has 0 aromatic heterocycles. The summed E-state index contributed by atoms with van der Waals surface area (Å²) in [6.45, 7) is 6.82. The van der Waals surface area contributed by atoms with Crippen molar-refractivity contribution in [1.82, 2.24) is 0 Å². The predicted octanol–water partition coefficient (Wildman–Crippen LogP) is 1.93. The van der Waals surface area contributed by atoms with Crippen LogP contribution in [0.25, 0.3) is 0 Å². The van der Waals surface area contributed by atoms with E-state index in [2.05, 4.69) is 13.8 Å². The van der Waals surface area contributed by atoms with Crippen LogP contribution >= 0.6 is 0 Å². The molecule has 1 unspecified atom stereocenters. The van der Waals surface area contributed by atoms with Gasteiger partial charge in [-0.2, -0.15) is 0 Å². The van der Waals surface area contributed by atoms with Crippen molar-refractivity contribution in [2.45, 2.75) is 57.6 Å². The van der Waals surface area contributed by atoms with Gasteiger partial charge in [-0.3, -0.25) is 0 Å². The number of rotatable bonds is 4. The molecule has 0 spiro atoms. The van der Waals surface area contributed by atoms with Crippen LogP contribution in [0, 0.1) is 11.8 Å². The van der Waals surface area contributed by atoms with Gasteiger partial charge in [-0.05, 0) is 44.4 Å². The molecule has 3 nitrogen and oxygen atoms in total. The van der Waals surface area contributed by atoms with Gasteiger partial charge in [0.05, 0.1) is 17.7 Å². The lowest BCUT2D eigenvalue weighted by atomic mass is 9.67. The Kier molecular flexibility index (Phi) is 4.38. The molecule has 0 radical (unpaired) electrons. The fourth-order valence-corrected chi connectivity index (χ4v) is 2.79. The summed E-state index contributed by atoms with van der Waals surface area (Å²) in [6, 6.07) is 0. The van der Waals surface area contributed by atoms with E-state index in [0.717, 1.165) is 31.6 Å². The second-order valence-electron chi connectivity index (χ2n) is 5.96. The van der Waals surface area contributed by atoms with Crippen LogP contribution in [0.4, 0.5) is 0 Å². The van der Waals surface area contributed by atoms with Crippen LogP contribution < -0.4 is 5.73 Å². The third kappa shape index (κ3) is 2.76. The Morgan fingerprint density at radius 1 is 1.44 bits per heavy atom. The zero-order chi connectivity index (χ0) is 12.4. The van der Waals surface area contributed by atoms with Gasteiger partial charge in [-0.25, -0.2) is 0 Å². The Morgan fingerprint density at radius 3 is 2.31 bits per heavy atom. The van der Waals surface area contributed by atoms with E-state index in [1.165, 1.54) is 0 Å². The highest BCUT2D eigenvalue weighted by molar-refractivity contribution is 5.03. The summed E-state index contributed by atoms with van der Waals surface area (Å²) < 4.78 is 5.11. The summed E-state index contributed by atoms with van der Waals surface area (Å²) in [5.74, 6) is 1.44. The monoisotopic (exact) mass is 229 g/mol. The lowest BCUT2D eigenvalue weighted by Gasteiger charge is -2.46. The maximum absolute atomic E-state index is 10.6. The highest BCUT2D eigenvalue weighted by atomic mass is 16.5. The zero-order valence-corrected chi connectivity index (χ0v) is 11.1. The van der Waals surface area contributed by atoms with Gasteiger partial charge in [0.25, 0.3) is 0 Å². The minimum absolute atomic E-state index is 0.413. The SMILES string of the molecule is COCC(C)(N)C1(O)CCC(C(C)C)CC1. The number of hydrogen-bond donors (Lipinski definition) is 2. The number of nitrogens with two attached hydrogens (primary N) is 1. The molecule has 0 saturated heterocycles. The van der Waals surface area contributed by atoms with E-state index >= 15 is 0 Å². The molecule has 3 heteroatoms. The first kappa shape index (κ1) is 13.9. The molecule has 0 amide bonds. The van der Waals surface area contributed by atoms with E-state index in [1.807, 2.05) is 6.92 Å². The van der Waals surface area contributed by atoms with Gasteiger partial charge in [-0.15, -0.1) is 0 Å². The van der Waals surface area contributed by atoms with Crippen LogP contribution in [-0.4, -0.2) is 30.0 Å². The Bertz CT molecular complexity index is 218. The molecule has 1 aliphatic rings. The smallest absolute Gasteiger partial charge is 0.0846 e. The zero-order valence-electron chi connectivity index (χ0n) is 11.1. The quantitative estimate of drug-likeness (QED) is 0.774. The number of methoxy groups -OCH3 is 1. The summed E-state index contributed by atoms with van der Waals surface area (Å²) in [4.78, 5) is 0. The Morgan fingerprint density at radius 2 is 1.94 bits per heavy atom. The summed E-state index contributed by atoms with van der Waals surface area (Å²) in [5.41, 5.74) is 4.79. The number of hydrogen-bond acceptors (Lipinski definition) is 3. The van der Waals surface area contributed by atoms with Crippen LogP contribution in [-0.2, 0) is 4.74 Å². The highest BCUT2D eigenvalue weighted by Gasteiger charge is 2.46. The Hall–Kier alpha value is -0.120. The Balaban J connectivity index is 2.62. The fraction of sp³-hybridized carbons (Fsp3) is 1.00. The maximum atomic E-state index is 10.6. The van der Waals surface area contributed by atoms with E-state index in [9.17, 15) is 5.11 Å². The molecule has 16 heavy (non-hydrogen) atoms. The average molecular weight is 229 g/mol. The summed E-state index contributed by atoms with van der Waals surface area (Å²) >= 11 is 0. The van der Waals surface area contributed by atoms with Gasteiger partial charge in [-0.1, -0.05) is 13.8 Å². The van der Waals surface area contributed by atoms with Crippen molar-refractivity contribution in [3.05, 3.63) is 0 Å². The van der Waals surface area contributed by atoms with E-state index < -0.39 is 11.1 Å². The lowest BCUT2D eigenvalue weighted by Crippen LogP contribution is -2.62. The van der Waals surface area contributed by atoms with Crippen LogP contribution in [0.1, 0.15) is 46.5 Å². The summed E-state index contributed by atoms with van der Waals surface area (Å²) in [7, 11) is 1.63. The first-order valence-electron chi connectivity index (χ1n) is 6.32. The van der Waals surface area contributed by atoms with Crippen LogP contribution in [0.15, 0.2) is 0 Å². The molecule has 0 aromatic rings. The molecule has 3 N–H and O–H groups in total. The van der Waals surface area contributed by atoms with Gasteiger partial charge >= 0.3 is 0 Å². The van der Waals surface area contributed by atoms with E-state index in [-0.39, 0.29) is 0 Å². The van der Waals surface area contributed by atoms with Gasteiger partial charge in [0.2, 0.25) is 0 Å². The van der Waals surface area contributed by atoms with Crippen molar-refractivity contribution in [2.75, 3.05) is 13.7 Å². The molecule has 0 bridgehead atoms. The first-order chi connectivity index (χ1) is 7.32. The van der Waals surface area contributed by atoms with Gasteiger partial charge in [0.15, 0.2) is 0 Å². The maximum Gasteiger partial charge on any atom is 0.0846 e. The standard InChI is InChI=1S/C13H27NO2/c1-10(2)11-5-7-13(15,8-6-11)12(3,14)9-16-4/h10-11,15H,5-9,14H2,1-4H3. The highest BCUT2D eigenvalue weighted by Crippen LogP contribution is 2.40. The molecule has 1 atom stereocenters. The van der Waals surface area contributed by atoms with Crippen molar-refractivity contribution in [1.29, 1.82) is 0 Å². The third-order valence-electron chi connectivity index (χ3n) is 4.31. The van der Waals surface area contributed by atoms with Gasteiger partial charge < -0.3 is 15.6 Å². The molecule has 96 valence electrons. The largest absolute Gasteiger partial charge is 0.388 e. The summed E-state index contributed by atoms with van der Waals surface area (Å²) in [5, 5.41) is 10.6. The second kappa shape index (κ2) is 5.03. The lowest BCUT2D eigenvalue weighted by molar-refractivity contribution is -0.0916. The molecule has 1 aliphatic carbocycles. The van der Waals surface area contributed by atoms with Crippen molar-refractivity contribution >= 4 is 0 Å². The average Bonchev–Trinajstić information content (AvgIpc) is 2.18. The summed E-state index contributed by atoms with van der Waals surface area (Å²) in [6.07, 6.45) is 3.74. The number of ether oxygens (including phenoxy) is 1. The second-order valence-corrected chi connectivity index (χ2v) is 5.96. The minimum atomic E-state index is -0.756. The van der Waals surface area contributed by atoms with Crippen LogP contribution in [0.2, 0.25) is 0 Å². The van der Waals surface area contributed by atoms with Crippen LogP contribution in [0.5, 0.6) is 0 Å². The molecule has 0 aromatic carbocycles. The topological polar surface area (TPSA) is 55.5 Å². The van der Waals surface area contributed by atoms with Crippen LogP contribution in [0.3, 0.4) is 0 Å². The number of aliphatic hydroxyl groups is 1. The van der Waals surface area contributed by atoms with E-state index in [0.29, 0.717) is 12.5 Å². The van der Waals surface area contributed by atoms with Crippen molar-refractivity contribution in [3.63, 3.8) is 0 Å². The van der Waals surface area contributed by atoms with E-state index in [1.54, 1.807) is 7.11 Å². The van der Waals surface area contributed by atoms with Crippen molar-refractivity contribution < 1.29 is 9.84 Å². The molecular formula is C13H27NO2. The molecule has 1 fully saturated rings. The van der Waals surface area contributed by atoms with Crippen molar-refractivity contribution in [2.24, 2.45) is 17.6 Å².